The molecule has 1 aromatic carbocycles. The summed E-state index contributed by atoms with van der Waals surface area (Å²) in [6.07, 6.45) is 4.87. The summed E-state index contributed by atoms with van der Waals surface area (Å²) in [5, 5.41) is 2.85. The number of ether oxygens (including phenoxy) is 1. The van der Waals surface area contributed by atoms with Crippen LogP contribution in [0.3, 0.4) is 0 Å². The Hall–Kier alpha value is -1.88. The number of hydrogen-bond acceptors (Lipinski definition) is 4. The maximum atomic E-state index is 12.0. The van der Waals surface area contributed by atoms with Crippen LogP contribution in [0.4, 0.5) is 5.69 Å². The summed E-state index contributed by atoms with van der Waals surface area (Å²) in [4.78, 5) is 25.4. The van der Waals surface area contributed by atoms with E-state index >= 15 is 0 Å². The summed E-state index contributed by atoms with van der Waals surface area (Å²) in [6.45, 7) is 0.392. The Morgan fingerprint density at radius 1 is 1.24 bits per heavy atom. The Morgan fingerprint density at radius 3 is 2.43 bits per heavy atom. The Morgan fingerprint density at radius 2 is 1.86 bits per heavy atom. The second kappa shape index (κ2) is 7.22. The first-order valence-corrected chi connectivity index (χ1v) is 7.28. The number of likely N-dealkylation sites (N-methyl/N-ethyl adjacent to an activating group) is 1. The first kappa shape index (κ1) is 15.5. The summed E-state index contributed by atoms with van der Waals surface area (Å²) in [7, 11) is 3.34. The van der Waals surface area contributed by atoms with Gasteiger partial charge in [-0.3, -0.25) is 9.69 Å². The van der Waals surface area contributed by atoms with Gasteiger partial charge in [-0.2, -0.15) is 0 Å². The Labute approximate surface area is 125 Å². The van der Waals surface area contributed by atoms with Crippen LogP contribution in [0, 0.1) is 0 Å². The van der Waals surface area contributed by atoms with Gasteiger partial charge < -0.3 is 10.1 Å². The summed E-state index contributed by atoms with van der Waals surface area (Å²) >= 11 is 0. The molecule has 0 aromatic heterocycles. The molecule has 1 amide bonds. The third kappa shape index (κ3) is 4.29. The lowest BCUT2D eigenvalue weighted by Crippen LogP contribution is -2.36. The average Bonchev–Trinajstić information content (AvgIpc) is 3.01. The molecule has 5 heteroatoms. The molecule has 1 aliphatic rings. The van der Waals surface area contributed by atoms with Crippen LogP contribution in [0.2, 0.25) is 0 Å². The highest BCUT2D eigenvalue weighted by atomic mass is 16.5. The smallest absolute Gasteiger partial charge is 0.337 e. The first-order valence-electron chi connectivity index (χ1n) is 7.28. The zero-order valence-electron chi connectivity index (χ0n) is 12.6. The minimum atomic E-state index is -0.381. The molecule has 0 spiro atoms. The molecular formula is C16H22N2O3. The molecule has 0 aliphatic heterocycles. The normalized spacial score (nSPS) is 15.2. The van der Waals surface area contributed by atoms with Gasteiger partial charge in [0.1, 0.15) is 0 Å². The van der Waals surface area contributed by atoms with E-state index in [2.05, 4.69) is 15.0 Å². The summed E-state index contributed by atoms with van der Waals surface area (Å²) in [6, 6.07) is 7.22. The maximum absolute atomic E-state index is 12.0. The van der Waals surface area contributed by atoms with Crippen LogP contribution in [0.1, 0.15) is 36.0 Å². The number of carbonyl (C=O) groups excluding carboxylic acids is 2. The molecule has 1 saturated carbocycles. The molecule has 1 fully saturated rings. The number of esters is 1. The fourth-order valence-corrected chi connectivity index (χ4v) is 2.71. The van der Waals surface area contributed by atoms with Crippen molar-refractivity contribution in [2.75, 3.05) is 26.0 Å². The van der Waals surface area contributed by atoms with Crippen LogP contribution in [0.25, 0.3) is 0 Å². The van der Waals surface area contributed by atoms with Crippen molar-refractivity contribution in [3.63, 3.8) is 0 Å². The van der Waals surface area contributed by atoms with E-state index in [9.17, 15) is 9.59 Å². The molecule has 0 radical (unpaired) electrons. The molecule has 114 valence electrons. The molecular weight excluding hydrogens is 268 g/mol. The van der Waals surface area contributed by atoms with Crippen molar-refractivity contribution in [3.05, 3.63) is 29.8 Å². The van der Waals surface area contributed by atoms with E-state index < -0.39 is 0 Å². The van der Waals surface area contributed by atoms with Crippen LogP contribution in [0.15, 0.2) is 24.3 Å². The highest BCUT2D eigenvalue weighted by molar-refractivity contribution is 5.93. The van der Waals surface area contributed by atoms with E-state index in [1.165, 1.54) is 32.8 Å². The van der Waals surface area contributed by atoms with Gasteiger partial charge in [0.2, 0.25) is 5.91 Å². The average molecular weight is 290 g/mol. The number of benzene rings is 1. The molecule has 2 rings (SSSR count). The number of nitrogens with zero attached hydrogens (tertiary/aromatic N) is 1. The van der Waals surface area contributed by atoms with Crippen molar-refractivity contribution in [1.29, 1.82) is 0 Å². The standard InChI is InChI=1S/C16H22N2O3/c1-18(14-5-3-4-6-14)11-15(19)17-13-9-7-12(8-10-13)16(20)21-2/h7-10,14H,3-6,11H2,1-2H3,(H,17,19). The van der Waals surface area contributed by atoms with E-state index in [-0.39, 0.29) is 11.9 Å². The van der Waals surface area contributed by atoms with Gasteiger partial charge in [-0.25, -0.2) is 4.79 Å². The minimum absolute atomic E-state index is 0.0322. The van der Waals surface area contributed by atoms with Crippen molar-refractivity contribution >= 4 is 17.6 Å². The number of nitrogens with one attached hydrogen (secondary N) is 1. The summed E-state index contributed by atoms with van der Waals surface area (Å²) in [5.41, 5.74) is 1.16. The maximum Gasteiger partial charge on any atom is 0.337 e. The number of hydrogen-bond donors (Lipinski definition) is 1. The molecule has 5 nitrogen and oxygen atoms in total. The predicted octanol–water partition coefficient (Wildman–Crippen LogP) is 2.29. The molecule has 1 aromatic rings. The van der Waals surface area contributed by atoms with E-state index in [0.717, 1.165) is 0 Å². The number of rotatable bonds is 5. The van der Waals surface area contributed by atoms with Crippen molar-refractivity contribution in [2.24, 2.45) is 0 Å². The highest BCUT2D eigenvalue weighted by Crippen LogP contribution is 2.22. The molecule has 1 aliphatic carbocycles. The van der Waals surface area contributed by atoms with Crippen LogP contribution in [-0.2, 0) is 9.53 Å². The second-order valence-corrected chi connectivity index (χ2v) is 5.47. The van der Waals surface area contributed by atoms with Gasteiger partial charge in [-0.1, -0.05) is 12.8 Å². The molecule has 0 saturated heterocycles. The van der Waals surface area contributed by atoms with E-state index in [1.807, 2.05) is 7.05 Å². The fourth-order valence-electron chi connectivity index (χ4n) is 2.71. The monoisotopic (exact) mass is 290 g/mol. The van der Waals surface area contributed by atoms with Crippen molar-refractivity contribution in [3.8, 4) is 0 Å². The third-order valence-electron chi connectivity index (χ3n) is 3.93. The van der Waals surface area contributed by atoms with E-state index in [4.69, 9.17) is 0 Å². The summed E-state index contributed by atoms with van der Waals surface area (Å²) in [5.74, 6) is -0.413. The molecule has 0 bridgehead atoms. The van der Waals surface area contributed by atoms with E-state index in [1.54, 1.807) is 24.3 Å². The molecule has 0 heterocycles. The van der Waals surface area contributed by atoms with Gasteiger partial charge in [-0.15, -0.1) is 0 Å². The predicted molar refractivity (Wildman–Crippen MR) is 81.3 cm³/mol. The highest BCUT2D eigenvalue weighted by Gasteiger charge is 2.21. The van der Waals surface area contributed by atoms with Gasteiger partial charge in [0.05, 0.1) is 19.2 Å². The molecule has 0 atom stereocenters. The van der Waals surface area contributed by atoms with Crippen LogP contribution in [0.5, 0.6) is 0 Å². The van der Waals surface area contributed by atoms with Crippen molar-refractivity contribution < 1.29 is 14.3 Å². The largest absolute Gasteiger partial charge is 0.465 e. The number of methoxy groups -OCH3 is 1. The fraction of sp³-hybridized carbons (Fsp3) is 0.500. The third-order valence-corrected chi connectivity index (χ3v) is 3.93. The summed E-state index contributed by atoms with van der Waals surface area (Å²) < 4.78 is 4.63. The van der Waals surface area contributed by atoms with Crippen molar-refractivity contribution in [1.82, 2.24) is 4.90 Å². The number of carbonyl (C=O) groups is 2. The SMILES string of the molecule is COC(=O)c1ccc(NC(=O)CN(C)C2CCCC2)cc1. The number of amides is 1. The van der Waals surface area contributed by atoms with Gasteiger partial charge in [0.25, 0.3) is 0 Å². The Bertz CT molecular complexity index is 493. The zero-order chi connectivity index (χ0) is 15.2. The second-order valence-electron chi connectivity index (χ2n) is 5.47. The van der Waals surface area contributed by atoms with Gasteiger partial charge >= 0.3 is 5.97 Å². The molecule has 21 heavy (non-hydrogen) atoms. The Kier molecular flexibility index (Phi) is 5.33. The lowest BCUT2D eigenvalue weighted by Gasteiger charge is -2.23. The first-order chi connectivity index (χ1) is 10.1. The zero-order valence-corrected chi connectivity index (χ0v) is 12.6. The van der Waals surface area contributed by atoms with Gasteiger partial charge in [0.15, 0.2) is 0 Å². The van der Waals surface area contributed by atoms with Crippen LogP contribution < -0.4 is 5.32 Å². The lowest BCUT2D eigenvalue weighted by molar-refractivity contribution is -0.117. The molecule has 1 N–H and O–H groups in total. The molecule has 0 unspecified atom stereocenters. The van der Waals surface area contributed by atoms with E-state index in [0.29, 0.717) is 23.8 Å². The van der Waals surface area contributed by atoms with Crippen LogP contribution in [-0.4, -0.2) is 43.5 Å². The van der Waals surface area contributed by atoms with Crippen LogP contribution >= 0.6 is 0 Å². The Balaban J connectivity index is 1.85. The van der Waals surface area contributed by atoms with Gasteiger partial charge in [-0.05, 0) is 44.2 Å². The van der Waals surface area contributed by atoms with Gasteiger partial charge in [0, 0.05) is 11.7 Å². The topological polar surface area (TPSA) is 58.6 Å². The lowest BCUT2D eigenvalue weighted by atomic mass is 10.2. The van der Waals surface area contributed by atoms with Crippen molar-refractivity contribution in [2.45, 2.75) is 31.7 Å². The number of anilines is 1. The quantitative estimate of drug-likeness (QED) is 0.845. The minimum Gasteiger partial charge on any atom is -0.465 e.